The summed E-state index contributed by atoms with van der Waals surface area (Å²) in [6, 6.07) is 5.60. The number of carboxylic acids is 1. The van der Waals surface area contributed by atoms with Crippen molar-refractivity contribution in [2.24, 2.45) is 0 Å². The van der Waals surface area contributed by atoms with Gasteiger partial charge in [0.25, 0.3) is 0 Å². The zero-order chi connectivity index (χ0) is 13.0. The first-order valence-corrected chi connectivity index (χ1v) is 6.79. The molecule has 1 atom stereocenters. The zero-order valence-corrected chi connectivity index (χ0v) is 10.9. The summed E-state index contributed by atoms with van der Waals surface area (Å²) in [4.78, 5) is 11.2. The van der Waals surface area contributed by atoms with Crippen LogP contribution in [0.2, 0.25) is 0 Å². The zero-order valence-electron chi connectivity index (χ0n) is 10.1. The molecule has 0 aliphatic rings. The minimum Gasteiger partial charge on any atom is -0.480 e. The van der Waals surface area contributed by atoms with Gasteiger partial charge >= 0.3 is 5.97 Å². The second-order valence-corrected chi connectivity index (χ2v) is 5.17. The molecule has 2 aromatic heterocycles. The van der Waals surface area contributed by atoms with Gasteiger partial charge in [-0.25, -0.2) is 0 Å². The summed E-state index contributed by atoms with van der Waals surface area (Å²) < 4.78 is 1.81. The number of carbonyl (C=O) groups is 1. The standard InChI is InChI=1S/C12H15N3O2S/c1-2-3-6-9(11(16)17)18-12-14-13-10-7-4-5-8-15(10)12/h4-5,7-9H,2-3,6H2,1H3,(H,16,17). The molecule has 2 aromatic rings. The molecule has 0 spiro atoms. The van der Waals surface area contributed by atoms with Gasteiger partial charge in [-0.15, -0.1) is 10.2 Å². The highest BCUT2D eigenvalue weighted by Gasteiger charge is 2.21. The van der Waals surface area contributed by atoms with E-state index in [2.05, 4.69) is 17.1 Å². The van der Waals surface area contributed by atoms with Gasteiger partial charge in [-0.1, -0.05) is 37.6 Å². The SMILES string of the molecule is CCCCC(Sc1nnc2ccccn12)C(=O)O. The van der Waals surface area contributed by atoms with Crippen LogP contribution in [-0.4, -0.2) is 30.9 Å². The number of rotatable bonds is 6. The van der Waals surface area contributed by atoms with Crippen LogP contribution >= 0.6 is 11.8 Å². The largest absolute Gasteiger partial charge is 0.480 e. The number of unbranched alkanes of at least 4 members (excludes halogenated alkanes) is 1. The van der Waals surface area contributed by atoms with E-state index in [1.807, 2.05) is 28.8 Å². The molecular formula is C12H15N3O2S. The van der Waals surface area contributed by atoms with Gasteiger partial charge in [-0.2, -0.15) is 0 Å². The summed E-state index contributed by atoms with van der Waals surface area (Å²) in [6.07, 6.45) is 4.39. The van der Waals surface area contributed by atoms with E-state index in [9.17, 15) is 9.90 Å². The van der Waals surface area contributed by atoms with Crippen molar-refractivity contribution in [2.75, 3.05) is 0 Å². The van der Waals surface area contributed by atoms with Crippen LogP contribution in [0.1, 0.15) is 26.2 Å². The first-order valence-electron chi connectivity index (χ1n) is 5.91. The summed E-state index contributed by atoms with van der Waals surface area (Å²) in [7, 11) is 0. The Kier molecular flexibility index (Phi) is 4.19. The molecular weight excluding hydrogens is 250 g/mol. The van der Waals surface area contributed by atoms with E-state index in [1.165, 1.54) is 11.8 Å². The molecule has 0 saturated heterocycles. The minimum absolute atomic E-state index is 0.461. The molecule has 1 N–H and O–H groups in total. The van der Waals surface area contributed by atoms with Gasteiger partial charge in [-0.3, -0.25) is 9.20 Å². The lowest BCUT2D eigenvalue weighted by atomic mass is 10.2. The van der Waals surface area contributed by atoms with Crippen LogP contribution in [0.15, 0.2) is 29.6 Å². The molecule has 0 aliphatic carbocycles. The monoisotopic (exact) mass is 265 g/mol. The molecule has 6 heteroatoms. The highest BCUT2D eigenvalue weighted by molar-refractivity contribution is 8.00. The van der Waals surface area contributed by atoms with Crippen LogP contribution in [0.25, 0.3) is 5.65 Å². The lowest BCUT2D eigenvalue weighted by molar-refractivity contribution is -0.136. The van der Waals surface area contributed by atoms with Gasteiger partial charge in [0.2, 0.25) is 0 Å². The molecule has 0 amide bonds. The minimum atomic E-state index is -0.791. The van der Waals surface area contributed by atoms with Crippen LogP contribution in [-0.2, 0) is 4.79 Å². The Morgan fingerprint density at radius 2 is 2.33 bits per heavy atom. The van der Waals surface area contributed by atoms with E-state index in [-0.39, 0.29) is 0 Å². The van der Waals surface area contributed by atoms with Crippen LogP contribution < -0.4 is 0 Å². The van der Waals surface area contributed by atoms with E-state index in [4.69, 9.17) is 0 Å². The van der Waals surface area contributed by atoms with Gasteiger partial charge in [-0.05, 0) is 18.6 Å². The number of fused-ring (bicyclic) bond motifs is 1. The lowest BCUT2D eigenvalue weighted by Gasteiger charge is -2.09. The van der Waals surface area contributed by atoms with Crippen molar-refractivity contribution in [3.63, 3.8) is 0 Å². The molecule has 0 aliphatic heterocycles. The molecule has 0 bridgehead atoms. The molecule has 5 nitrogen and oxygen atoms in total. The predicted octanol–water partition coefficient (Wildman–Crippen LogP) is 2.46. The number of nitrogens with zero attached hydrogens (tertiary/aromatic N) is 3. The van der Waals surface area contributed by atoms with E-state index >= 15 is 0 Å². The first-order chi connectivity index (χ1) is 8.72. The average Bonchev–Trinajstić information content (AvgIpc) is 2.77. The number of aromatic nitrogens is 3. The topological polar surface area (TPSA) is 67.5 Å². The molecule has 1 unspecified atom stereocenters. The highest BCUT2D eigenvalue weighted by atomic mass is 32.2. The van der Waals surface area contributed by atoms with E-state index in [0.717, 1.165) is 18.5 Å². The maximum absolute atomic E-state index is 11.2. The van der Waals surface area contributed by atoms with Gasteiger partial charge < -0.3 is 5.11 Å². The molecule has 0 radical (unpaired) electrons. The maximum Gasteiger partial charge on any atom is 0.317 e. The second kappa shape index (κ2) is 5.86. The Bertz CT molecular complexity index is 541. The third kappa shape index (κ3) is 2.81. The summed E-state index contributed by atoms with van der Waals surface area (Å²) in [5, 5.41) is 17.4. The van der Waals surface area contributed by atoms with Crippen LogP contribution in [0.3, 0.4) is 0 Å². The van der Waals surface area contributed by atoms with Crippen molar-refractivity contribution in [1.82, 2.24) is 14.6 Å². The van der Waals surface area contributed by atoms with Crippen molar-refractivity contribution < 1.29 is 9.90 Å². The lowest BCUT2D eigenvalue weighted by Crippen LogP contribution is -2.16. The van der Waals surface area contributed by atoms with Crippen molar-refractivity contribution in [3.05, 3.63) is 24.4 Å². The highest BCUT2D eigenvalue weighted by Crippen LogP contribution is 2.25. The van der Waals surface area contributed by atoms with Crippen LogP contribution in [0, 0.1) is 0 Å². The molecule has 0 fully saturated rings. The number of thioether (sulfide) groups is 1. The molecule has 0 saturated carbocycles. The Morgan fingerprint density at radius 3 is 3.06 bits per heavy atom. The molecule has 18 heavy (non-hydrogen) atoms. The molecule has 96 valence electrons. The average molecular weight is 265 g/mol. The number of hydrogen-bond donors (Lipinski definition) is 1. The van der Waals surface area contributed by atoms with Gasteiger partial charge in [0.15, 0.2) is 10.8 Å². The van der Waals surface area contributed by atoms with Crippen LogP contribution in [0.5, 0.6) is 0 Å². The van der Waals surface area contributed by atoms with Crippen molar-refractivity contribution >= 4 is 23.4 Å². The molecule has 2 rings (SSSR count). The number of aliphatic carboxylic acids is 1. The molecule has 2 heterocycles. The number of pyridine rings is 1. The number of carboxylic acid groups (broad SMARTS) is 1. The van der Waals surface area contributed by atoms with E-state index < -0.39 is 11.2 Å². The fourth-order valence-corrected chi connectivity index (χ4v) is 2.65. The fraction of sp³-hybridized carbons (Fsp3) is 0.417. The summed E-state index contributed by atoms with van der Waals surface area (Å²) in [5.74, 6) is -0.791. The summed E-state index contributed by atoms with van der Waals surface area (Å²) >= 11 is 1.26. The summed E-state index contributed by atoms with van der Waals surface area (Å²) in [5.41, 5.74) is 0.736. The van der Waals surface area contributed by atoms with Gasteiger partial charge in [0, 0.05) is 6.20 Å². The van der Waals surface area contributed by atoms with E-state index in [1.54, 1.807) is 0 Å². The van der Waals surface area contributed by atoms with Gasteiger partial charge in [0.1, 0.15) is 5.25 Å². The van der Waals surface area contributed by atoms with Crippen molar-refractivity contribution in [2.45, 2.75) is 36.6 Å². The Morgan fingerprint density at radius 1 is 1.50 bits per heavy atom. The quantitative estimate of drug-likeness (QED) is 0.813. The summed E-state index contributed by atoms with van der Waals surface area (Å²) in [6.45, 7) is 2.05. The third-order valence-corrected chi connectivity index (χ3v) is 3.84. The normalized spacial score (nSPS) is 12.7. The Labute approximate surface area is 109 Å². The first kappa shape index (κ1) is 12.9. The smallest absolute Gasteiger partial charge is 0.317 e. The predicted molar refractivity (Wildman–Crippen MR) is 69.8 cm³/mol. The van der Waals surface area contributed by atoms with Gasteiger partial charge in [0.05, 0.1) is 0 Å². The Balaban J connectivity index is 2.18. The molecule has 0 aromatic carbocycles. The second-order valence-electron chi connectivity index (χ2n) is 4.00. The number of hydrogen-bond acceptors (Lipinski definition) is 4. The van der Waals surface area contributed by atoms with Crippen LogP contribution in [0.4, 0.5) is 0 Å². The van der Waals surface area contributed by atoms with E-state index in [0.29, 0.717) is 11.6 Å². The third-order valence-electron chi connectivity index (χ3n) is 2.63. The fourth-order valence-electron chi connectivity index (χ4n) is 1.65. The Hall–Kier alpha value is -1.56. The maximum atomic E-state index is 11.2. The van der Waals surface area contributed by atoms with Crippen molar-refractivity contribution in [3.8, 4) is 0 Å². The van der Waals surface area contributed by atoms with Crippen molar-refractivity contribution in [1.29, 1.82) is 0 Å².